The van der Waals surface area contributed by atoms with E-state index < -0.39 is 0 Å². The van der Waals surface area contributed by atoms with Gasteiger partial charge in [0.25, 0.3) is 0 Å². The van der Waals surface area contributed by atoms with E-state index in [4.69, 9.17) is 5.73 Å². The summed E-state index contributed by atoms with van der Waals surface area (Å²) in [6, 6.07) is 2.72. The van der Waals surface area contributed by atoms with Crippen LogP contribution in [0, 0.1) is 6.92 Å². The van der Waals surface area contributed by atoms with Gasteiger partial charge < -0.3 is 10.6 Å². The lowest BCUT2D eigenvalue weighted by Gasteiger charge is -2.32. The van der Waals surface area contributed by atoms with Gasteiger partial charge in [-0.3, -0.25) is 4.90 Å². The molecule has 1 fully saturated rings. The first-order chi connectivity index (χ1) is 9.09. The molecule has 0 radical (unpaired) electrons. The Bertz CT molecular complexity index is 382. The van der Waals surface area contributed by atoms with E-state index >= 15 is 0 Å². The fourth-order valence-electron chi connectivity index (χ4n) is 2.97. The summed E-state index contributed by atoms with van der Waals surface area (Å²) in [5.41, 5.74) is 7.61. The first kappa shape index (κ1) is 15.0. The zero-order chi connectivity index (χ0) is 13.8. The third-order valence-electron chi connectivity index (χ3n) is 4.11. The molecule has 0 aromatic carbocycles. The van der Waals surface area contributed by atoms with Gasteiger partial charge in [-0.25, -0.2) is 0 Å². The molecule has 2 heterocycles. The number of hydrogen-bond donors (Lipinski definition) is 1. The minimum absolute atomic E-state index is 0.168. The maximum Gasteiger partial charge on any atom is 0.0591 e. The summed E-state index contributed by atoms with van der Waals surface area (Å²) in [5.74, 6) is 0. The Kier molecular flexibility index (Phi) is 5.39. The molecule has 2 N–H and O–H groups in total. The van der Waals surface area contributed by atoms with Crippen LogP contribution in [0.4, 0.5) is 0 Å². The standard InChI is InChI=1S/C15H27N3S/c1-12-6-11-19-15(12)14(13(2)16)17(3)9-10-18-7-4-5-8-18/h6,11,13-14H,4-5,7-10,16H2,1-3H3. The average molecular weight is 281 g/mol. The summed E-state index contributed by atoms with van der Waals surface area (Å²) in [4.78, 5) is 6.43. The Balaban J connectivity index is 1.96. The largest absolute Gasteiger partial charge is 0.326 e. The number of nitrogens with two attached hydrogens (primary N) is 1. The summed E-state index contributed by atoms with van der Waals surface area (Å²) in [6.45, 7) is 9.13. The van der Waals surface area contributed by atoms with Crippen LogP contribution in [-0.4, -0.2) is 49.1 Å². The number of hydrogen-bond acceptors (Lipinski definition) is 4. The number of likely N-dealkylation sites (N-methyl/N-ethyl adjacent to an activating group) is 1. The second-order valence-electron chi connectivity index (χ2n) is 5.80. The predicted molar refractivity (Wildman–Crippen MR) is 83.8 cm³/mol. The Morgan fingerprint density at radius 3 is 2.63 bits per heavy atom. The van der Waals surface area contributed by atoms with Crippen molar-refractivity contribution in [1.29, 1.82) is 0 Å². The lowest BCUT2D eigenvalue weighted by molar-refractivity contribution is 0.191. The fraction of sp³-hybridized carbons (Fsp3) is 0.733. The van der Waals surface area contributed by atoms with Crippen LogP contribution in [0.5, 0.6) is 0 Å². The Labute approximate surface area is 121 Å². The number of rotatable bonds is 6. The molecular weight excluding hydrogens is 254 g/mol. The first-order valence-corrected chi connectivity index (χ1v) is 8.19. The third kappa shape index (κ3) is 3.78. The highest BCUT2D eigenvalue weighted by Crippen LogP contribution is 2.29. The molecule has 4 heteroatoms. The van der Waals surface area contributed by atoms with Crippen LogP contribution in [0.1, 0.15) is 36.2 Å². The van der Waals surface area contributed by atoms with Crippen LogP contribution >= 0.6 is 11.3 Å². The molecule has 0 bridgehead atoms. The summed E-state index contributed by atoms with van der Waals surface area (Å²) in [7, 11) is 2.21. The monoisotopic (exact) mass is 281 g/mol. The van der Waals surface area contributed by atoms with Gasteiger partial charge in [-0.1, -0.05) is 0 Å². The Morgan fingerprint density at radius 2 is 2.11 bits per heavy atom. The van der Waals surface area contributed by atoms with Crippen LogP contribution in [0.2, 0.25) is 0 Å². The molecule has 108 valence electrons. The molecule has 2 rings (SSSR count). The first-order valence-electron chi connectivity index (χ1n) is 7.31. The van der Waals surface area contributed by atoms with Crippen molar-refractivity contribution in [2.45, 2.75) is 38.8 Å². The summed E-state index contributed by atoms with van der Waals surface area (Å²) < 4.78 is 0. The van der Waals surface area contributed by atoms with Gasteiger partial charge in [-0.05, 0) is 63.8 Å². The molecule has 1 saturated heterocycles. The molecule has 1 aliphatic heterocycles. The van der Waals surface area contributed by atoms with Crippen molar-refractivity contribution < 1.29 is 0 Å². The molecule has 1 aromatic heterocycles. The number of likely N-dealkylation sites (tertiary alicyclic amines) is 1. The number of thiophene rings is 1. The highest BCUT2D eigenvalue weighted by atomic mass is 32.1. The zero-order valence-electron chi connectivity index (χ0n) is 12.4. The second-order valence-corrected chi connectivity index (χ2v) is 6.75. The van der Waals surface area contributed by atoms with E-state index in [0.29, 0.717) is 6.04 Å². The van der Waals surface area contributed by atoms with Gasteiger partial charge in [0.1, 0.15) is 0 Å². The summed E-state index contributed by atoms with van der Waals surface area (Å²) in [6.07, 6.45) is 2.73. The maximum atomic E-state index is 6.23. The van der Waals surface area contributed by atoms with Crippen molar-refractivity contribution in [2.24, 2.45) is 5.73 Å². The van der Waals surface area contributed by atoms with Crippen molar-refractivity contribution >= 4 is 11.3 Å². The molecule has 0 aliphatic carbocycles. The van der Waals surface area contributed by atoms with E-state index in [-0.39, 0.29) is 6.04 Å². The number of aryl methyl sites for hydroxylation is 1. The highest BCUT2D eigenvalue weighted by Gasteiger charge is 2.24. The molecule has 19 heavy (non-hydrogen) atoms. The predicted octanol–water partition coefficient (Wildman–Crippen LogP) is 2.47. The van der Waals surface area contributed by atoms with Gasteiger partial charge in [0.15, 0.2) is 0 Å². The maximum absolute atomic E-state index is 6.23. The van der Waals surface area contributed by atoms with Gasteiger partial charge in [-0.2, -0.15) is 0 Å². The molecule has 0 spiro atoms. The molecule has 0 saturated carbocycles. The molecule has 2 atom stereocenters. The zero-order valence-corrected chi connectivity index (χ0v) is 13.2. The van der Waals surface area contributed by atoms with Crippen LogP contribution in [0.15, 0.2) is 11.4 Å². The quantitative estimate of drug-likeness (QED) is 0.869. The van der Waals surface area contributed by atoms with E-state index in [1.54, 1.807) is 0 Å². The molecule has 2 unspecified atom stereocenters. The molecule has 1 aromatic rings. The highest BCUT2D eigenvalue weighted by molar-refractivity contribution is 7.10. The van der Waals surface area contributed by atoms with E-state index in [0.717, 1.165) is 6.54 Å². The summed E-state index contributed by atoms with van der Waals surface area (Å²) >= 11 is 1.84. The second kappa shape index (κ2) is 6.84. The van der Waals surface area contributed by atoms with Crippen molar-refractivity contribution in [2.75, 3.05) is 33.2 Å². The Morgan fingerprint density at radius 1 is 1.42 bits per heavy atom. The van der Waals surface area contributed by atoms with Crippen molar-refractivity contribution in [1.82, 2.24) is 9.80 Å². The smallest absolute Gasteiger partial charge is 0.0591 e. The minimum Gasteiger partial charge on any atom is -0.326 e. The van der Waals surface area contributed by atoms with Crippen LogP contribution in [-0.2, 0) is 0 Å². The summed E-state index contributed by atoms with van der Waals surface area (Å²) in [5, 5.41) is 2.17. The van der Waals surface area contributed by atoms with Gasteiger partial charge in [0.05, 0.1) is 6.04 Å². The lowest BCUT2D eigenvalue weighted by atomic mass is 10.0. The van der Waals surface area contributed by atoms with Crippen LogP contribution in [0.3, 0.4) is 0 Å². The fourth-order valence-corrected chi connectivity index (χ4v) is 4.18. The van der Waals surface area contributed by atoms with Crippen LogP contribution < -0.4 is 5.73 Å². The number of nitrogens with zero attached hydrogens (tertiary/aromatic N) is 2. The van der Waals surface area contributed by atoms with Gasteiger partial charge in [0, 0.05) is 24.0 Å². The molecule has 0 amide bonds. The minimum atomic E-state index is 0.168. The molecule has 1 aliphatic rings. The van der Waals surface area contributed by atoms with Crippen LogP contribution in [0.25, 0.3) is 0 Å². The van der Waals surface area contributed by atoms with Gasteiger partial charge >= 0.3 is 0 Å². The van der Waals surface area contributed by atoms with E-state index in [9.17, 15) is 0 Å². The third-order valence-corrected chi connectivity index (χ3v) is 5.20. The molecule has 3 nitrogen and oxygen atoms in total. The topological polar surface area (TPSA) is 32.5 Å². The molecular formula is C15H27N3S. The van der Waals surface area contributed by atoms with Gasteiger partial charge in [0.2, 0.25) is 0 Å². The van der Waals surface area contributed by atoms with Crippen molar-refractivity contribution in [3.8, 4) is 0 Å². The van der Waals surface area contributed by atoms with Crippen molar-refractivity contribution in [3.63, 3.8) is 0 Å². The average Bonchev–Trinajstić information content (AvgIpc) is 2.99. The van der Waals surface area contributed by atoms with E-state index in [1.807, 2.05) is 11.3 Å². The van der Waals surface area contributed by atoms with Crippen molar-refractivity contribution in [3.05, 3.63) is 21.9 Å². The normalized spacial score (nSPS) is 20.1. The van der Waals surface area contributed by atoms with E-state index in [2.05, 4.69) is 42.1 Å². The SMILES string of the molecule is Cc1ccsc1C(C(C)N)N(C)CCN1CCCC1. The van der Waals surface area contributed by atoms with Gasteiger partial charge in [-0.15, -0.1) is 11.3 Å². The lowest BCUT2D eigenvalue weighted by Crippen LogP contribution is -2.40. The Hall–Kier alpha value is -0.420. The van der Waals surface area contributed by atoms with E-state index in [1.165, 1.54) is 42.9 Å².